The highest BCUT2D eigenvalue weighted by Crippen LogP contribution is 2.43. The van der Waals surface area contributed by atoms with E-state index in [9.17, 15) is 14.7 Å². The number of carboxylic acid groups (broad SMARTS) is 1. The lowest BCUT2D eigenvalue weighted by molar-refractivity contribution is 0.0695. The zero-order chi connectivity index (χ0) is 19.3. The number of rotatable bonds is 4. The Balaban J connectivity index is 1.96. The molecule has 7 nitrogen and oxygen atoms in total. The molecule has 3 N–H and O–H groups in total. The zero-order valence-corrected chi connectivity index (χ0v) is 15.6. The lowest BCUT2D eigenvalue weighted by atomic mass is 9.95. The molecule has 4 rings (SSSR count). The maximum Gasteiger partial charge on any atom is 0.341 e. The monoisotopic (exact) mass is 371 g/mol. The molecular formula is C20H25N3O4. The van der Waals surface area contributed by atoms with Gasteiger partial charge in [0.2, 0.25) is 5.43 Å². The van der Waals surface area contributed by atoms with E-state index in [1.54, 1.807) is 13.2 Å². The van der Waals surface area contributed by atoms with Crippen LogP contribution in [0.1, 0.15) is 42.6 Å². The fourth-order valence-corrected chi connectivity index (χ4v) is 4.25. The molecule has 1 saturated carbocycles. The van der Waals surface area contributed by atoms with Crippen LogP contribution in [0.25, 0.3) is 10.9 Å². The summed E-state index contributed by atoms with van der Waals surface area (Å²) in [5.41, 5.74) is 7.14. The largest absolute Gasteiger partial charge is 0.492 e. The minimum absolute atomic E-state index is 0.0918. The molecule has 1 saturated heterocycles. The number of benzene rings is 1. The van der Waals surface area contributed by atoms with Crippen molar-refractivity contribution in [1.82, 2.24) is 4.57 Å². The third-order valence-electron chi connectivity index (χ3n) is 5.53. The summed E-state index contributed by atoms with van der Waals surface area (Å²) in [6.07, 6.45) is 4.40. The van der Waals surface area contributed by atoms with Crippen LogP contribution in [0, 0.1) is 5.92 Å². The predicted molar refractivity (Wildman–Crippen MR) is 104 cm³/mol. The van der Waals surface area contributed by atoms with Gasteiger partial charge in [-0.15, -0.1) is 0 Å². The Kier molecular flexibility index (Phi) is 4.34. The van der Waals surface area contributed by atoms with E-state index in [0.717, 1.165) is 38.0 Å². The number of carboxylic acids is 1. The third-order valence-corrected chi connectivity index (χ3v) is 5.53. The summed E-state index contributed by atoms with van der Waals surface area (Å²) in [6.45, 7) is 3.78. The SMILES string of the molecule is COc1c(N2C[C@@H](C)C[C@@H](N)C2)ccc2c(=O)c(C(=O)O)cn(C3CC3)c12. The molecule has 1 aromatic heterocycles. The number of hydrogen-bond acceptors (Lipinski definition) is 5. The molecule has 0 amide bonds. The summed E-state index contributed by atoms with van der Waals surface area (Å²) in [7, 11) is 1.60. The first kappa shape index (κ1) is 17.9. The van der Waals surface area contributed by atoms with E-state index in [1.807, 2.05) is 10.6 Å². The maximum atomic E-state index is 12.7. The van der Waals surface area contributed by atoms with Gasteiger partial charge in [0.15, 0.2) is 5.75 Å². The number of pyridine rings is 1. The summed E-state index contributed by atoms with van der Waals surface area (Å²) in [6, 6.07) is 3.88. The van der Waals surface area contributed by atoms with Gasteiger partial charge in [-0.1, -0.05) is 6.92 Å². The maximum absolute atomic E-state index is 12.7. The molecule has 0 unspecified atom stereocenters. The number of aromatic nitrogens is 1. The summed E-state index contributed by atoms with van der Waals surface area (Å²) in [4.78, 5) is 26.5. The lowest BCUT2D eigenvalue weighted by Crippen LogP contribution is -2.46. The Hall–Kier alpha value is -2.54. The second-order valence-corrected chi connectivity index (χ2v) is 7.84. The number of fused-ring (bicyclic) bond motifs is 1. The molecule has 2 fully saturated rings. The van der Waals surface area contributed by atoms with Crippen LogP contribution >= 0.6 is 0 Å². The summed E-state index contributed by atoms with van der Waals surface area (Å²) in [5.74, 6) is -0.112. The van der Waals surface area contributed by atoms with Crippen LogP contribution in [0.15, 0.2) is 23.1 Å². The molecule has 7 heteroatoms. The molecule has 2 aliphatic rings. The van der Waals surface area contributed by atoms with Gasteiger partial charge in [-0.2, -0.15) is 0 Å². The van der Waals surface area contributed by atoms with E-state index in [1.165, 1.54) is 6.20 Å². The van der Waals surface area contributed by atoms with Crippen LogP contribution in [0.5, 0.6) is 5.75 Å². The van der Waals surface area contributed by atoms with Gasteiger partial charge in [-0.3, -0.25) is 4.79 Å². The van der Waals surface area contributed by atoms with E-state index in [4.69, 9.17) is 10.5 Å². The average Bonchev–Trinajstić information content (AvgIpc) is 3.45. The van der Waals surface area contributed by atoms with E-state index < -0.39 is 11.4 Å². The number of ether oxygens (including phenoxy) is 1. The number of hydrogen-bond donors (Lipinski definition) is 2. The normalized spacial score (nSPS) is 22.9. The van der Waals surface area contributed by atoms with Crippen LogP contribution in [-0.4, -0.2) is 41.9 Å². The van der Waals surface area contributed by atoms with Crippen LogP contribution in [0.4, 0.5) is 5.69 Å². The number of piperidine rings is 1. The lowest BCUT2D eigenvalue weighted by Gasteiger charge is -2.37. The van der Waals surface area contributed by atoms with Crippen LogP contribution < -0.4 is 20.8 Å². The van der Waals surface area contributed by atoms with Crippen molar-refractivity contribution in [3.05, 3.63) is 34.1 Å². The molecule has 1 aliphatic carbocycles. The molecule has 2 aromatic rings. The number of carbonyl (C=O) groups is 1. The van der Waals surface area contributed by atoms with Crippen LogP contribution in [-0.2, 0) is 0 Å². The topological polar surface area (TPSA) is 97.8 Å². The fourth-order valence-electron chi connectivity index (χ4n) is 4.25. The number of anilines is 1. The minimum atomic E-state index is -1.20. The van der Waals surface area contributed by atoms with Gasteiger partial charge >= 0.3 is 5.97 Å². The van der Waals surface area contributed by atoms with E-state index in [-0.39, 0.29) is 17.6 Å². The highest BCUT2D eigenvalue weighted by molar-refractivity contribution is 5.97. The summed E-state index contributed by atoms with van der Waals surface area (Å²) < 4.78 is 7.68. The molecular weight excluding hydrogens is 346 g/mol. The minimum Gasteiger partial charge on any atom is -0.492 e. The Bertz CT molecular complexity index is 954. The predicted octanol–water partition coefficient (Wildman–Crippen LogP) is 2.22. The molecule has 1 aromatic carbocycles. The van der Waals surface area contributed by atoms with Crippen molar-refractivity contribution in [3.63, 3.8) is 0 Å². The van der Waals surface area contributed by atoms with Gasteiger partial charge in [0.25, 0.3) is 0 Å². The Labute approximate surface area is 157 Å². The fraction of sp³-hybridized carbons (Fsp3) is 0.500. The highest BCUT2D eigenvalue weighted by Gasteiger charge is 2.31. The van der Waals surface area contributed by atoms with Crippen LogP contribution in [0.3, 0.4) is 0 Å². The van der Waals surface area contributed by atoms with Crippen molar-refractivity contribution in [3.8, 4) is 5.75 Å². The number of nitrogens with zero attached hydrogens (tertiary/aromatic N) is 2. The van der Waals surface area contributed by atoms with Crippen LogP contribution in [0.2, 0.25) is 0 Å². The molecule has 144 valence electrons. The Morgan fingerprint density at radius 2 is 2.04 bits per heavy atom. The van der Waals surface area contributed by atoms with Gasteiger partial charge in [-0.25, -0.2) is 4.79 Å². The number of methoxy groups -OCH3 is 1. The van der Waals surface area contributed by atoms with Crippen molar-refractivity contribution in [2.75, 3.05) is 25.1 Å². The third kappa shape index (κ3) is 3.06. The quantitative estimate of drug-likeness (QED) is 0.855. The van der Waals surface area contributed by atoms with Gasteiger partial charge in [-0.05, 0) is 37.3 Å². The smallest absolute Gasteiger partial charge is 0.341 e. The second kappa shape index (κ2) is 6.56. The Morgan fingerprint density at radius 1 is 1.30 bits per heavy atom. The Morgan fingerprint density at radius 3 is 2.63 bits per heavy atom. The first-order chi connectivity index (χ1) is 12.9. The molecule has 2 heterocycles. The zero-order valence-electron chi connectivity index (χ0n) is 15.6. The molecule has 0 bridgehead atoms. The first-order valence-corrected chi connectivity index (χ1v) is 9.40. The summed E-state index contributed by atoms with van der Waals surface area (Å²) >= 11 is 0. The van der Waals surface area contributed by atoms with Crippen molar-refractivity contribution >= 4 is 22.6 Å². The summed E-state index contributed by atoms with van der Waals surface area (Å²) in [5, 5.41) is 9.81. The second-order valence-electron chi connectivity index (χ2n) is 7.84. The van der Waals surface area contributed by atoms with Crippen molar-refractivity contribution in [2.24, 2.45) is 11.7 Å². The van der Waals surface area contributed by atoms with Crippen molar-refractivity contribution in [1.29, 1.82) is 0 Å². The van der Waals surface area contributed by atoms with Gasteiger partial charge in [0.05, 0.1) is 23.7 Å². The van der Waals surface area contributed by atoms with Gasteiger partial charge in [0, 0.05) is 31.4 Å². The molecule has 1 aliphatic heterocycles. The van der Waals surface area contributed by atoms with E-state index >= 15 is 0 Å². The van der Waals surface area contributed by atoms with Crippen molar-refractivity contribution < 1.29 is 14.6 Å². The molecule has 27 heavy (non-hydrogen) atoms. The van der Waals surface area contributed by atoms with Gasteiger partial charge < -0.3 is 25.0 Å². The molecule has 0 radical (unpaired) electrons. The molecule has 2 atom stereocenters. The van der Waals surface area contributed by atoms with E-state index in [2.05, 4.69) is 11.8 Å². The number of nitrogens with two attached hydrogens (primary N) is 1. The number of aromatic carboxylic acids is 1. The average molecular weight is 371 g/mol. The molecule has 0 spiro atoms. The van der Waals surface area contributed by atoms with E-state index in [0.29, 0.717) is 22.6 Å². The standard InChI is InChI=1S/C20H25N3O4/c1-11-7-12(21)9-22(8-11)16-6-5-14-17(19(16)27-2)23(13-3-4-13)10-15(18(14)24)20(25)26/h5-6,10-13H,3-4,7-9,21H2,1-2H3,(H,25,26)/t11-,12+/m0/s1. The van der Waals surface area contributed by atoms with Crippen molar-refractivity contribution in [2.45, 2.75) is 38.3 Å². The first-order valence-electron chi connectivity index (χ1n) is 9.40. The highest BCUT2D eigenvalue weighted by atomic mass is 16.5. The van der Waals surface area contributed by atoms with Gasteiger partial charge in [0.1, 0.15) is 5.56 Å².